The number of nitrogens with zero attached hydrogens (tertiary/aromatic N) is 1. The molecule has 2 rings (SSSR count). The van der Waals surface area contributed by atoms with Crippen LogP contribution >= 0.6 is 0 Å². The van der Waals surface area contributed by atoms with Gasteiger partial charge in [0.15, 0.2) is 0 Å². The monoisotopic (exact) mass is 256 g/mol. The summed E-state index contributed by atoms with van der Waals surface area (Å²) in [4.78, 5) is 13.7. The molecule has 2 aromatic carbocycles. The highest BCUT2D eigenvalue weighted by Gasteiger charge is 2.08. The standard InChI is InChI=1S/C16H20N2O/c1-12(2)17-16(19)11-18(3)15-9-8-13-6-4-5-7-14(13)10-15/h4-10,12H,11H2,1-3H3,(H,17,19). The molecule has 0 radical (unpaired) electrons. The third-order valence-electron chi connectivity index (χ3n) is 3.00. The van der Waals surface area contributed by atoms with Gasteiger partial charge >= 0.3 is 0 Å². The van der Waals surface area contributed by atoms with Gasteiger partial charge in [-0.3, -0.25) is 4.79 Å². The summed E-state index contributed by atoms with van der Waals surface area (Å²) in [6, 6.07) is 14.6. The van der Waals surface area contributed by atoms with Gasteiger partial charge in [-0.1, -0.05) is 30.3 Å². The van der Waals surface area contributed by atoms with Crippen molar-refractivity contribution in [1.29, 1.82) is 0 Å². The van der Waals surface area contributed by atoms with Gasteiger partial charge in [-0.05, 0) is 36.8 Å². The van der Waals surface area contributed by atoms with E-state index in [2.05, 4.69) is 29.6 Å². The summed E-state index contributed by atoms with van der Waals surface area (Å²) in [5, 5.41) is 5.30. The number of benzene rings is 2. The number of carbonyl (C=O) groups is 1. The van der Waals surface area contributed by atoms with E-state index in [0.29, 0.717) is 6.54 Å². The molecule has 0 saturated carbocycles. The van der Waals surface area contributed by atoms with E-state index < -0.39 is 0 Å². The second-order valence-corrected chi connectivity index (χ2v) is 5.11. The SMILES string of the molecule is CC(C)NC(=O)CN(C)c1ccc2ccccc2c1. The fourth-order valence-corrected chi connectivity index (χ4v) is 2.09. The predicted molar refractivity (Wildman–Crippen MR) is 80.5 cm³/mol. The van der Waals surface area contributed by atoms with Crippen molar-refractivity contribution in [3.63, 3.8) is 0 Å². The van der Waals surface area contributed by atoms with Gasteiger partial charge in [0.25, 0.3) is 0 Å². The Morgan fingerprint density at radius 3 is 2.53 bits per heavy atom. The van der Waals surface area contributed by atoms with Crippen LogP contribution in [0.5, 0.6) is 0 Å². The summed E-state index contributed by atoms with van der Waals surface area (Å²) >= 11 is 0. The molecule has 0 bridgehead atoms. The molecule has 0 spiro atoms. The molecule has 3 heteroatoms. The minimum atomic E-state index is 0.0469. The largest absolute Gasteiger partial charge is 0.365 e. The lowest BCUT2D eigenvalue weighted by Gasteiger charge is -2.20. The minimum Gasteiger partial charge on any atom is -0.365 e. The number of anilines is 1. The second-order valence-electron chi connectivity index (χ2n) is 5.11. The maximum Gasteiger partial charge on any atom is 0.239 e. The maximum absolute atomic E-state index is 11.7. The highest BCUT2D eigenvalue weighted by atomic mass is 16.2. The Hall–Kier alpha value is -2.03. The van der Waals surface area contributed by atoms with Gasteiger partial charge in [0, 0.05) is 18.8 Å². The van der Waals surface area contributed by atoms with Crippen molar-refractivity contribution in [3.8, 4) is 0 Å². The smallest absolute Gasteiger partial charge is 0.239 e. The topological polar surface area (TPSA) is 32.3 Å². The van der Waals surface area contributed by atoms with Crippen LogP contribution < -0.4 is 10.2 Å². The summed E-state index contributed by atoms with van der Waals surface area (Å²) in [7, 11) is 1.93. The fraction of sp³-hybridized carbons (Fsp3) is 0.312. The molecule has 1 N–H and O–H groups in total. The fourth-order valence-electron chi connectivity index (χ4n) is 2.09. The molecule has 0 saturated heterocycles. The van der Waals surface area contributed by atoms with Crippen LogP contribution in [0.1, 0.15) is 13.8 Å². The zero-order valence-electron chi connectivity index (χ0n) is 11.7. The Balaban J connectivity index is 2.12. The Kier molecular flexibility index (Phi) is 4.05. The number of carbonyl (C=O) groups excluding carboxylic acids is 1. The number of rotatable bonds is 4. The molecule has 0 fully saturated rings. The zero-order valence-corrected chi connectivity index (χ0v) is 11.7. The molecule has 100 valence electrons. The number of amides is 1. The summed E-state index contributed by atoms with van der Waals surface area (Å²) in [6.45, 7) is 4.30. The van der Waals surface area contributed by atoms with Gasteiger partial charge in [0.05, 0.1) is 6.54 Å². The van der Waals surface area contributed by atoms with Crippen molar-refractivity contribution in [3.05, 3.63) is 42.5 Å². The van der Waals surface area contributed by atoms with Gasteiger partial charge in [-0.2, -0.15) is 0 Å². The summed E-state index contributed by atoms with van der Waals surface area (Å²) in [5.74, 6) is 0.0469. The Labute approximate surface area is 114 Å². The molecule has 0 aliphatic carbocycles. The lowest BCUT2D eigenvalue weighted by Crippen LogP contribution is -2.38. The molecule has 3 nitrogen and oxygen atoms in total. The summed E-state index contributed by atoms with van der Waals surface area (Å²) < 4.78 is 0. The van der Waals surface area contributed by atoms with Gasteiger partial charge < -0.3 is 10.2 Å². The van der Waals surface area contributed by atoms with E-state index in [1.54, 1.807) is 0 Å². The number of likely N-dealkylation sites (N-methyl/N-ethyl adjacent to an activating group) is 1. The molecule has 19 heavy (non-hydrogen) atoms. The van der Waals surface area contributed by atoms with Crippen molar-refractivity contribution in [2.75, 3.05) is 18.5 Å². The number of fused-ring (bicyclic) bond motifs is 1. The first-order chi connectivity index (χ1) is 9.06. The van der Waals surface area contributed by atoms with Crippen molar-refractivity contribution < 1.29 is 4.79 Å². The first kappa shape index (κ1) is 13.4. The van der Waals surface area contributed by atoms with Crippen molar-refractivity contribution in [2.45, 2.75) is 19.9 Å². The molecule has 0 heterocycles. The van der Waals surface area contributed by atoms with Crippen LogP contribution in [-0.2, 0) is 4.79 Å². The van der Waals surface area contributed by atoms with Gasteiger partial charge in [-0.15, -0.1) is 0 Å². The first-order valence-electron chi connectivity index (χ1n) is 6.55. The quantitative estimate of drug-likeness (QED) is 0.912. The van der Waals surface area contributed by atoms with Crippen LogP contribution in [0.4, 0.5) is 5.69 Å². The normalized spacial score (nSPS) is 10.7. The van der Waals surface area contributed by atoms with Crippen LogP contribution in [0, 0.1) is 0 Å². The van der Waals surface area contributed by atoms with Crippen LogP contribution in [0.3, 0.4) is 0 Å². The van der Waals surface area contributed by atoms with Crippen molar-refractivity contribution in [2.24, 2.45) is 0 Å². The zero-order chi connectivity index (χ0) is 13.8. The Morgan fingerprint density at radius 1 is 1.16 bits per heavy atom. The molecular formula is C16H20N2O. The summed E-state index contributed by atoms with van der Waals surface area (Å²) in [5.41, 5.74) is 1.05. The molecule has 2 aromatic rings. The molecule has 0 atom stereocenters. The molecule has 0 aliphatic heterocycles. The molecule has 1 amide bonds. The number of hydrogen-bond donors (Lipinski definition) is 1. The van der Waals surface area contributed by atoms with Crippen molar-refractivity contribution >= 4 is 22.4 Å². The van der Waals surface area contributed by atoms with E-state index in [0.717, 1.165) is 5.69 Å². The molecule has 0 aromatic heterocycles. The average Bonchev–Trinajstić information content (AvgIpc) is 2.37. The molecule has 0 aliphatic rings. The Morgan fingerprint density at radius 2 is 1.84 bits per heavy atom. The van der Waals surface area contributed by atoms with Gasteiger partial charge in [0.1, 0.15) is 0 Å². The van der Waals surface area contributed by atoms with Crippen LogP contribution in [0.2, 0.25) is 0 Å². The van der Waals surface area contributed by atoms with E-state index in [4.69, 9.17) is 0 Å². The van der Waals surface area contributed by atoms with Gasteiger partial charge in [-0.25, -0.2) is 0 Å². The second kappa shape index (κ2) is 5.74. The lowest BCUT2D eigenvalue weighted by atomic mass is 10.1. The third-order valence-corrected chi connectivity index (χ3v) is 3.00. The maximum atomic E-state index is 11.7. The predicted octanol–water partition coefficient (Wildman–Crippen LogP) is 2.80. The third kappa shape index (κ3) is 3.47. The highest BCUT2D eigenvalue weighted by Crippen LogP contribution is 2.20. The van der Waals surface area contributed by atoms with Crippen LogP contribution in [0.25, 0.3) is 10.8 Å². The molecule has 0 unspecified atom stereocenters. The molecular weight excluding hydrogens is 236 g/mol. The average molecular weight is 256 g/mol. The number of nitrogens with one attached hydrogen (secondary N) is 1. The van der Waals surface area contributed by atoms with E-state index in [-0.39, 0.29) is 11.9 Å². The van der Waals surface area contributed by atoms with E-state index >= 15 is 0 Å². The Bertz CT molecular complexity index is 578. The van der Waals surface area contributed by atoms with E-state index in [9.17, 15) is 4.79 Å². The summed E-state index contributed by atoms with van der Waals surface area (Å²) in [6.07, 6.45) is 0. The van der Waals surface area contributed by atoms with Crippen LogP contribution in [0.15, 0.2) is 42.5 Å². The highest BCUT2D eigenvalue weighted by molar-refractivity contribution is 5.87. The lowest BCUT2D eigenvalue weighted by molar-refractivity contribution is -0.120. The van der Waals surface area contributed by atoms with Crippen LogP contribution in [-0.4, -0.2) is 25.5 Å². The van der Waals surface area contributed by atoms with Gasteiger partial charge in [0.2, 0.25) is 5.91 Å². The number of hydrogen-bond acceptors (Lipinski definition) is 2. The van der Waals surface area contributed by atoms with E-state index in [1.165, 1.54) is 10.8 Å². The van der Waals surface area contributed by atoms with E-state index in [1.807, 2.05) is 44.0 Å². The van der Waals surface area contributed by atoms with Crippen molar-refractivity contribution in [1.82, 2.24) is 5.32 Å². The first-order valence-corrected chi connectivity index (χ1v) is 6.55. The minimum absolute atomic E-state index is 0.0469.